The fourth-order valence-electron chi connectivity index (χ4n) is 3.28. The number of amides is 1. The van der Waals surface area contributed by atoms with Crippen molar-refractivity contribution < 1.29 is 4.79 Å². The van der Waals surface area contributed by atoms with E-state index in [0.29, 0.717) is 11.4 Å². The van der Waals surface area contributed by atoms with Crippen molar-refractivity contribution in [1.82, 2.24) is 19.1 Å². The highest BCUT2D eigenvalue weighted by atomic mass is 16.2. The molecule has 8 nitrogen and oxygen atoms in total. The number of pyridine rings is 2. The van der Waals surface area contributed by atoms with Crippen LogP contribution in [0.15, 0.2) is 76.6 Å². The molecule has 3 heterocycles. The van der Waals surface area contributed by atoms with Crippen molar-refractivity contribution in [2.45, 2.75) is 13.0 Å². The van der Waals surface area contributed by atoms with Crippen molar-refractivity contribution in [3.8, 4) is 5.69 Å². The second kappa shape index (κ2) is 7.16. The van der Waals surface area contributed by atoms with Crippen LogP contribution in [0.3, 0.4) is 0 Å². The van der Waals surface area contributed by atoms with Crippen LogP contribution >= 0.6 is 0 Å². The molecule has 0 radical (unpaired) electrons. The summed E-state index contributed by atoms with van der Waals surface area (Å²) in [6.07, 6.45) is 3.11. The zero-order valence-electron chi connectivity index (χ0n) is 15.5. The highest BCUT2D eigenvalue weighted by Crippen LogP contribution is 2.16. The summed E-state index contributed by atoms with van der Waals surface area (Å²) in [6, 6.07) is 14.3. The van der Waals surface area contributed by atoms with E-state index in [2.05, 4.69) is 9.97 Å². The van der Waals surface area contributed by atoms with E-state index in [4.69, 9.17) is 5.73 Å². The summed E-state index contributed by atoms with van der Waals surface area (Å²) >= 11 is 0. The van der Waals surface area contributed by atoms with E-state index in [0.717, 1.165) is 4.57 Å². The van der Waals surface area contributed by atoms with Gasteiger partial charge in [0.15, 0.2) is 5.65 Å². The molecule has 3 aromatic heterocycles. The van der Waals surface area contributed by atoms with Crippen LogP contribution in [0, 0.1) is 0 Å². The molecule has 4 aromatic rings. The fourth-order valence-corrected chi connectivity index (χ4v) is 3.28. The van der Waals surface area contributed by atoms with E-state index >= 15 is 0 Å². The number of nitrogens with zero attached hydrogens (tertiary/aromatic N) is 4. The molecule has 0 aliphatic heterocycles. The molecule has 0 bridgehead atoms. The van der Waals surface area contributed by atoms with Crippen molar-refractivity contribution in [1.29, 1.82) is 0 Å². The van der Waals surface area contributed by atoms with Gasteiger partial charge >= 0.3 is 5.69 Å². The van der Waals surface area contributed by atoms with E-state index in [9.17, 15) is 14.4 Å². The molecular formula is C21H17N5O3. The Morgan fingerprint density at radius 3 is 2.52 bits per heavy atom. The highest BCUT2D eigenvalue weighted by molar-refractivity contribution is 5.93. The molecule has 1 atom stereocenters. The molecule has 0 spiro atoms. The van der Waals surface area contributed by atoms with Crippen molar-refractivity contribution >= 4 is 16.9 Å². The molecule has 2 N–H and O–H groups in total. The van der Waals surface area contributed by atoms with Crippen LogP contribution < -0.4 is 17.0 Å². The number of benzene rings is 1. The Balaban J connectivity index is 2.08. The molecule has 1 aromatic carbocycles. The lowest BCUT2D eigenvalue weighted by atomic mass is 10.1. The molecule has 4 rings (SSSR count). The number of hydrogen-bond donors (Lipinski definition) is 1. The zero-order valence-corrected chi connectivity index (χ0v) is 15.5. The van der Waals surface area contributed by atoms with Gasteiger partial charge in [0, 0.05) is 18.0 Å². The quantitative estimate of drug-likeness (QED) is 0.572. The largest absolute Gasteiger partial charge is 0.366 e. The smallest absolute Gasteiger partial charge is 0.337 e. The van der Waals surface area contributed by atoms with Crippen LogP contribution in [0.25, 0.3) is 16.7 Å². The normalized spacial score (nSPS) is 12.0. The van der Waals surface area contributed by atoms with Gasteiger partial charge in [-0.05, 0) is 49.4 Å². The predicted molar refractivity (Wildman–Crippen MR) is 108 cm³/mol. The summed E-state index contributed by atoms with van der Waals surface area (Å²) in [5.41, 5.74) is 5.75. The van der Waals surface area contributed by atoms with E-state index in [1.54, 1.807) is 61.7 Å². The van der Waals surface area contributed by atoms with E-state index < -0.39 is 23.2 Å². The Morgan fingerprint density at radius 2 is 1.79 bits per heavy atom. The highest BCUT2D eigenvalue weighted by Gasteiger charge is 2.21. The fraction of sp³-hybridized carbons (Fsp3) is 0.0952. The minimum atomic E-state index is -0.618. The van der Waals surface area contributed by atoms with Crippen molar-refractivity contribution in [2.75, 3.05) is 0 Å². The molecule has 0 aliphatic rings. The van der Waals surface area contributed by atoms with E-state index in [1.807, 2.05) is 0 Å². The predicted octanol–water partition coefficient (Wildman–Crippen LogP) is 1.65. The van der Waals surface area contributed by atoms with Gasteiger partial charge < -0.3 is 5.73 Å². The van der Waals surface area contributed by atoms with Gasteiger partial charge in [-0.2, -0.15) is 0 Å². The van der Waals surface area contributed by atoms with Crippen LogP contribution in [0.1, 0.15) is 29.0 Å². The van der Waals surface area contributed by atoms with Gasteiger partial charge in [-0.3, -0.25) is 19.1 Å². The molecular weight excluding hydrogens is 370 g/mol. The second-order valence-corrected chi connectivity index (χ2v) is 6.51. The summed E-state index contributed by atoms with van der Waals surface area (Å²) in [6.45, 7) is 1.73. The van der Waals surface area contributed by atoms with Crippen LogP contribution in [0.4, 0.5) is 0 Å². The van der Waals surface area contributed by atoms with Gasteiger partial charge in [-0.1, -0.05) is 12.1 Å². The maximum Gasteiger partial charge on any atom is 0.337 e. The van der Waals surface area contributed by atoms with Gasteiger partial charge in [0.05, 0.1) is 22.8 Å². The van der Waals surface area contributed by atoms with Gasteiger partial charge in [0.1, 0.15) is 0 Å². The van der Waals surface area contributed by atoms with Crippen molar-refractivity contribution in [3.63, 3.8) is 0 Å². The monoisotopic (exact) mass is 387 g/mol. The molecule has 0 saturated carbocycles. The zero-order chi connectivity index (χ0) is 20.5. The minimum Gasteiger partial charge on any atom is -0.366 e. The van der Waals surface area contributed by atoms with Crippen LogP contribution in [-0.4, -0.2) is 25.0 Å². The average molecular weight is 387 g/mol. The lowest BCUT2D eigenvalue weighted by molar-refractivity contribution is 0.1000. The number of fused-ring (bicyclic) bond motifs is 1. The number of rotatable bonds is 4. The summed E-state index contributed by atoms with van der Waals surface area (Å²) in [7, 11) is 0. The Hall–Kier alpha value is -4.07. The maximum absolute atomic E-state index is 13.4. The van der Waals surface area contributed by atoms with Gasteiger partial charge in [0.2, 0.25) is 5.91 Å². The molecule has 144 valence electrons. The van der Waals surface area contributed by atoms with Gasteiger partial charge in [0.25, 0.3) is 5.56 Å². The third-order valence-corrected chi connectivity index (χ3v) is 4.74. The summed E-state index contributed by atoms with van der Waals surface area (Å²) in [5.74, 6) is -0.618. The number of primary amides is 1. The first-order valence-electron chi connectivity index (χ1n) is 8.92. The lowest BCUT2D eigenvalue weighted by Crippen LogP contribution is -2.42. The molecule has 1 amide bonds. The Bertz CT molecular complexity index is 1340. The molecule has 1 unspecified atom stereocenters. The third-order valence-electron chi connectivity index (χ3n) is 4.74. The lowest BCUT2D eigenvalue weighted by Gasteiger charge is -2.18. The van der Waals surface area contributed by atoms with Crippen LogP contribution in [-0.2, 0) is 0 Å². The van der Waals surface area contributed by atoms with Crippen LogP contribution in [0.2, 0.25) is 0 Å². The van der Waals surface area contributed by atoms with E-state index in [1.165, 1.54) is 16.8 Å². The number of carbonyl (C=O) groups is 1. The Kier molecular flexibility index (Phi) is 4.52. The molecule has 8 heteroatoms. The average Bonchev–Trinajstić information content (AvgIpc) is 2.74. The number of aromatic nitrogens is 4. The van der Waals surface area contributed by atoms with Gasteiger partial charge in [-0.15, -0.1) is 0 Å². The maximum atomic E-state index is 13.4. The number of hydrogen-bond acceptors (Lipinski definition) is 5. The summed E-state index contributed by atoms with van der Waals surface area (Å²) < 4.78 is 2.45. The van der Waals surface area contributed by atoms with E-state index in [-0.39, 0.29) is 16.6 Å². The second-order valence-electron chi connectivity index (χ2n) is 6.51. The summed E-state index contributed by atoms with van der Waals surface area (Å²) in [4.78, 5) is 46.7. The van der Waals surface area contributed by atoms with Gasteiger partial charge in [-0.25, -0.2) is 14.3 Å². The molecule has 0 fully saturated rings. The minimum absolute atomic E-state index is 0.202. The SMILES string of the molecule is CC(c1ccccn1)n1c(=O)c2cccnc2n(-c2cccc(C(N)=O)c2)c1=O. The number of carbonyl (C=O) groups excluding carboxylic acids is 1. The first-order chi connectivity index (χ1) is 14.0. The summed E-state index contributed by atoms with van der Waals surface area (Å²) in [5, 5.41) is 0.277. The Morgan fingerprint density at radius 1 is 1.00 bits per heavy atom. The topological polar surface area (TPSA) is 113 Å². The first-order valence-corrected chi connectivity index (χ1v) is 8.92. The Labute approximate surface area is 164 Å². The first kappa shape index (κ1) is 18.3. The molecule has 29 heavy (non-hydrogen) atoms. The molecule has 0 saturated heterocycles. The number of nitrogens with two attached hydrogens (primary N) is 1. The van der Waals surface area contributed by atoms with Crippen molar-refractivity contribution in [2.24, 2.45) is 5.73 Å². The molecule has 0 aliphatic carbocycles. The third kappa shape index (κ3) is 3.10. The van der Waals surface area contributed by atoms with Crippen molar-refractivity contribution in [3.05, 3.63) is 99.1 Å². The standard InChI is InChI=1S/C21H17N5O3/c1-13(17-9-2-3-10-23-17)25-20(28)16-8-5-11-24-19(16)26(21(25)29)15-7-4-6-14(12-15)18(22)27/h2-13H,1H3,(H2,22,27). The van der Waals surface area contributed by atoms with Crippen LogP contribution in [0.5, 0.6) is 0 Å².